The molecule has 1 heterocycles. The van der Waals surface area contributed by atoms with Crippen molar-refractivity contribution in [3.63, 3.8) is 0 Å². The van der Waals surface area contributed by atoms with Crippen molar-refractivity contribution >= 4 is 5.82 Å². The topological polar surface area (TPSA) is 102 Å². The van der Waals surface area contributed by atoms with Crippen molar-refractivity contribution < 1.29 is 10.2 Å². The largest absolute Gasteiger partial charge is 0.393 e. The highest BCUT2D eigenvalue weighted by Crippen LogP contribution is 2.20. The zero-order valence-corrected chi connectivity index (χ0v) is 11.6. The predicted octanol–water partition coefficient (Wildman–Crippen LogP) is 0.628. The summed E-state index contributed by atoms with van der Waals surface area (Å²) in [6, 6.07) is 2.13. The van der Waals surface area contributed by atoms with Crippen LogP contribution in [0.4, 0.5) is 5.82 Å². The Labute approximate surface area is 113 Å². The number of aliphatic hydroxyl groups is 2. The molecule has 0 saturated carbocycles. The lowest BCUT2D eigenvalue weighted by Crippen LogP contribution is -2.37. The zero-order valence-electron chi connectivity index (χ0n) is 11.6. The van der Waals surface area contributed by atoms with E-state index in [4.69, 9.17) is 5.11 Å². The van der Waals surface area contributed by atoms with E-state index in [9.17, 15) is 10.4 Å². The molecule has 0 aliphatic heterocycles. The van der Waals surface area contributed by atoms with Gasteiger partial charge in [-0.05, 0) is 25.3 Å². The van der Waals surface area contributed by atoms with E-state index >= 15 is 0 Å². The maximum absolute atomic E-state index is 9.73. The molecule has 1 unspecified atom stereocenters. The number of aliphatic hydroxyl groups excluding tert-OH is 1. The SMILES string of the molecule is CCc1nnc(NCC(C)(O)CO)c(C#N)c1CC. The van der Waals surface area contributed by atoms with Crippen LogP contribution in [0.1, 0.15) is 37.6 Å². The van der Waals surface area contributed by atoms with E-state index < -0.39 is 5.60 Å². The Morgan fingerprint density at radius 2 is 2.00 bits per heavy atom. The van der Waals surface area contributed by atoms with E-state index in [1.54, 1.807) is 0 Å². The monoisotopic (exact) mass is 264 g/mol. The average molecular weight is 264 g/mol. The first-order chi connectivity index (χ1) is 8.99. The number of anilines is 1. The number of nitriles is 1. The van der Waals surface area contributed by atoms with Gasteiger partial charge in [0.1, 0.15) is 17.2 Å². The van der Waals surface area contributed by atoms with Gasteiger partial charge in [0.2, 0.25) is 0 Å². The highest BCUT2D eigenvalue weighted by atomic mass is 16.3. The van der Waals surface area contributed by atoms with Gasteiger partial charge >= 0.3 is 0 Å². The second-order valence-corrected chi connectivity index (χ2v) is 4.68. The lowest BCUT2D eigenvalue weighted by atomic mass is 10.0. The minimum absolute atomic E-state index is 0.0987. The van der Waals surface area contributed by atoms with Crippen molar-refractivity contribution in [3.05, 3.63) is 16.8 Å². The van der Waals surface area contributed by atoms with Gasteiger partial charge in [-0.1, -0.05) is 13.8 Å². The molecule has 0 saturated heterocycles. The van der Waals surface area contributed by atoms with Gasteiger partial charge in [-0.25, -0.2) is 0 Å². The van der Waals surface area contributed by atoms with Gasteiger partial charge in [-0.3, -0.25) is 0 Å². The van der Waals surface area contributed by atoms with Crippen LogP contribution in [0.15, 0.2) is 0 Å². The quantitative estimate of drug-likeness (QED) is 0.696. The summed E-state index contributed by atoms with van der Waals surface area (Å²) >= 11 is 0. The normalized spacial score (nSPS) is 13.7. The van der Waals surface area contributed by atoms with Crippen LogP contribution in [-0.2, 0) is 12.8 Å². The molecule has 0 fully saturated rings. The summed E-state index contributed by atoms with van der Waals surface area (Å²) in [6.07, 6.45) is 1.42. The molecule has 1 aromatic rings. The summed E-state index contributed by atoms with van der Waals surface area (Å²) in [5, 5.41) is 39.0. The third-order valence-corrected chi connectivity index (χ3v) is 2.94. The first-order valence-corrected chi connectivity index (χ1v) is 6.34. The average Bonchev–Trinajstić information content (AvgIpc) is 2.43. The van der Waals surface area contributed by atoms with Crippen molar-refractivity contribution in [2.24, 2.45) is 0 Å². The molecule has 1 atom stereocenters. The van der Waals surface area contributed by atoms with Gasteiger partial charge in [0.05, 0.1) is 12.3 Å². The Kier molecular flexibility index (Phi) is 5.21. The minimum atomic E-state index is -1.26. The van der Waals surface area contributed by atoms with E-state index in [0.29, 0.717) is 17.8 Å². The molecule has 1 rings (SSSR count). The summed E-state index contributed by atoms with van der Waals surface area (Å²) in [5.74, 6) is 0.352. The van der Waals surface area contributed by atoms with E-state index in [2.05, 4.69) is 21.6 Å². The maximum atomic E-state index is 9.73. The van der Waals surface area contributed by atoms with Crippen molar-refractivity contribution in [2.45, 2.75) is 39.2 Å². The number of rotatable bonds is 6. The van der Waals surface area contributed by atoms with Gasteiger partial charge in [-0.2, -0.15) is 10.4 Å². The summed E-state index contributed by atoms with van der Waals surface area (Å²) in [7, 11) is 0. The van der Waals surface area contributed by atoms with Gasteiger partial charge in [0, 0.05) is 6.54 Å². The Balaban J connectivity index is 3.06. The molecular formula is C13H20N4O2. The van der Waals surface area contributed by atoms with Crippen LogP contribution in [0.5, 0.6) is 0 Å². The number of hydrogen-bond donors (Lipinski definition) is 3. The first kappa shape index (κ1) is 15.3. The third-order valence-electron chi connectivity index (χ3n) is 2.94. The van der Waals surface area contributed by atoms with E-state index in [1.807, 2.05) is 13.8 Å². The number of aromatic nitrogens is 2. The van der Waals surface area contributed by atoms with E-state index in [-0.39, 0.29) is 13.2 Å². The third kappa shape index (κ3) is 3.63. The smallest absolute Gasteiger partial charge is 0.167 e. The highest BCUT2D eigenvalue weighted by Gasteiger charge is 2.21. The van der Waals surface area contributed by atoms with Gasteiger partial charge in [0.15, 0.2) is 5.82 Å². The number of hydrogen-bond acceptors (Lipinski definition) is 6. The molecule has 3 N–H and O–H groups in total. The van der Waals surface area contributed by atoms with Crippen molar-refractivity contribution in [3.8, 4) is 6.07 Å². The Bertz CT molecular complexity index is 480. The first-order valence-electron chi connectivity index (χ1n) is 6.34. The van der Waals surface area contributed by atoms with Crippen LogP contribution < -0.4 is 5.32 Å². The highest BCUT2D eigenvalue weighted by molar-refractivity contribution is 5.56. The predicted molar refractivity (Wildman–Crippen MR) is 71.7 cm³/mol. The molecular weight excluding hydrogens is 244 g/mol. The van der Waals surface area contributed by atoms with Crippen LogP contribution in [0.25, 0.3) is 0 Å². The van der Waals surface area contributed by atoms with E-state index in [1.165, 1.54) is 6.92 Å². The molecule has 0 bridgehead atoms. The number of nitrogens with zero attached hydrogens (tertiary/aromatic N) is 3. The maximum Gasteiger partial charge on any atom is 0.167 e. The molecule has 6 nitrogen and oxygen atoms in total. The molecule has 0 aliphatic rings. The molecule has 0 aliphatic carbocycles. The van der Waals surface area contributed by atoms with Crippen molar-refractivity contribution in [2.75, 3.05) is 18.5 Å². The molecule has 0 aromatic carbocycles. The number of aryl methyl sites for hydroxylation is 1. The molecule has 0 spiro atoms. The molecule has 19 heavy (non-hydrogen) atoms. The van der Waals surface area contributed by atoms with Crippen LogP contribution in [0.2, 0.25) is 0 Å². The van der Waals surface area contributed by atoms with Crippen LogP contribution in [-0.4, -0.2) is 39.2 Å². The summed E-state index contributed by atoms with van der Waals surface area (Å²) < 4.78 is 0. The Hall–Kier alpha value is -1.71. The molecule has 1 aromatic heterocycles. The lowest BCUT2D eigenvalue weighted by molar-refractivity contribution is 0.0131. The summed E-state index contributed by atoms with van der Waals surface area (Å²) in [5.41, 5.74) is 0.900. The fraction of sp³-hybridized carbons (Fsp3) is 0.615. The number of nitrogens with one attached hydrogen (secondary N) is 1. The van der Waals surface area contributed by atoms with E-state index in [0.717, 1.165) is 17.7 Å². The van der Waals surface area contributed by atoms with Crippen LogP contribution in [0, 0.1) is 11.3 Å². The summed E-state index contributed by atoms with van der Waals surface area (Å²) in [4.78, 5) is 0. The van der Waals surface area contributed by atoms with Gasteiger partial charge < -0.3 is 15.5 Å². The molecule has 6 heteroatoms. The molecule has 0 amide bonds. The molecule has 0 radical (unpaired) electrons. The summed E-state index contributed by atoms with van der Waals surface area (Å²) in [6.45, 7) is 5.16. The van der Waals surface area contributed by atoms with Crippen molar-refractivity contribution in [1.82, 2.24) is 10.2 Å². The Morgan fingerprint density at radius 3 is 2.47 bits per heavy atom. The molecule has 104 valence electrons. The second-order valence-electron chi connectivity index (χ2n) is 4.68. The fourth-order valence-corrected chi connectivity index (χ4v) is 1.75. The zero-order chi connectivity index (χ0) is 14.5. The van der Waals surface area contributed by atoms with Gasteiger partial charge in [0.25, 0.3) is 0 Å². The minimum Gasteiger partial charge on any atom is -0.393 e. The Morgan fingerprint density at radius 1 is 1.32 bits per heavy atom. The van der Waals surface area contributed by atoms with Crippen molar-refractivity contribution in [1.29, 1.82) is 5.26 Å². The standard InChI is InChI=1S/C13H20N4O2/c1-4-9-10(6-14)12(17-16-11(9)5-2)15-7-13(3,19)8-18/h18-19H,4-5,7-8H2,1-3H3,(H,15,17). The second kappa shape index (κ2) is 6.45. The van der Waals surface area contributed by atoms with Crippen LogP contribution >= 0.6 is 0 Å². The van der Waals surface area contributed by atoms with Crippen LogP contribution in [0.3, 0.4) is 0 Å². The lowest BCUT2D eigenvalue weighted by Gasteiger charge is -2.21. The van der Waals surface area contributed by atoms with Gasteiger partial charge in [-0.15, -0.1) is 5.10 Å². The fourth-order valence-electron chi connectivity index (χ4n) is 1.75.